The van der Waals surface area contributed by atoms with E-state index in [1.165, 1.54) is 25.3 Å². The fourth-order valence-corrected chi connectivity index (χ4v) is 3.45. The molecule has 0 aliphatic rings. The van der Waals surface area contributed by atoms with Crippen LogP contribution < -0.4 is 19.9 Å². The van der Waals surface area contributed by atoms with Crippen molar-refractivity contribution in [3.63, 3.8) is 0 Å². The van der Waals surface area contributed by atoms with Crippen molar-refractivity contribution in [3.8, 4) is 11.5 Å². The number of amides is 1. The van der Waals surface area contributed by atoms with E-state index in [0.29, 0.717) is 16.5 Å². The first-order chi connectivity index (χ1) is 14.5. The molecule has 0 unspecified atom stereocenters. The Morgan fingerprint density at radius 1 is 1.13 bits per heavy atom. The normalized spacial score (nSPS) is 10.5. The standard InChI is InChI=1S/C22H20ClFN2O3S/c1-28-20-12-17(8-9-19(20)24)29-13-15-6-7-16(11-21(15)30-25)26-22(27)10-14-4-2-3-5-18(14)23/h2-9,11-12H,10,13,25H2,1H3,(H,26,27). The summed E-state index contributed by atoms with van der Waals surface area (Å²) in [5.74, 6) is -0.0609. The first-order valence-electron chi connectivity index (χ1n) is 8.99. The molecule has 0 aromatic heterocycles. The second-order valence-electron chi connectivity index (χ2n) is 6.34. The van der Waals surface area contributed by atoms with Crippen LogP contribution in [0.5, 0.6) is 11.5 Å². The Bertz CT molecular complexity index is 1050. The van der Waals surface area contributed by atoms with Crippen LogP contribution in [0.1, 0.15) is 11.1 Å². The van der Waals surface area contributed by atoms with Crippen LogP contribution in [-0.2, 0) is 17.8 Å². The lowest BCUT2D eigenvalue weighted by Gasteiger charge is -2.13. The Morgan fingerprint density at radius 3 is 2.67 bits per heavy atom. The van der Waals surface area contributed by atoms with E-state index in [9.17, 15) is 9.18 Å². The van der Waals surface area contributed by atoms with Crippen LogP contribution in [0.4, 0.5) is 10.1 Å². The lowest BCUT2D eigenvalue weighted by Crippen LogP contribution is -2.15. The molecule has 0 fully saturated rings. The van der Waals surface area contributed by atoms with Crippen molar-refractivity contribution in [2.75, 3.05) is 12.4 Å². The summed E-state index contributed by atoms with van der Waals surface area (Å²) in [6.07, 6.45) is 0.169. The molecule has 0 bridgehead atoms. The van der Waals surface area contributed by atoms with Gasteiger partial charge in [-0.2, -0.15) is 0 Å². The Balaban J connectivity index is 1.65. The molecule has 0 spiro atoms. The zero-order valence-corrected chi connectivity index (χ0v) is 17.7. The number of hydrogen-bond acceptors (Lipinski definition) is 5. The Hall–Kier alpha value is -2.74. The molecule has 0 heterocycles. The molecule has 3 rings (SSSR count). The summed E-state index contributed by atoms with van der Waals surface area (Å²) in [5.41, 5.74) is 2.20. The van der Waals surface area contributed by atoms with Gasteiger partial charge in [0.1, 0.15) is 12.4 Å². The van der Waals surface area contributed by atoms with E-state index in [0.717, 1.165) is 28.0 Å². The molecule has 3 aromatic rings. The maximum atomic E-state index is 13.5. The van der Waals surface area contributed by atoms with Crippen LogP contribution in [0, 0.1) is 5.82 Å². The number of carbonyl (C=O) groups excluding carboxylic acids is 1. The summed E-state index contributed by atoms with van der Waals surface area (Å²) in [4.78, 5) is 13.1. The van der Waals surface area contributed by atoms with Crippen molar-refractivity contribution < 1.29 is 18.7 Å². The number of methoxy groups -OCH3 is 1. The largest absolute Gasteiger partial charge is 0.494 e. The summed E-state index contributed by atoms with van der Waals surface area (Å²) in [7, 11) is 1.39. The number of anilines is 1. The van der Waals surface area contributed by atoms with Gasteiger partial charge in [0.25, 0.3) is 0 Å². The van der Waals surface area contributed by atoms with E-state index in [4.69, 9.17) is 26.2 Å². The van der Waals surface area contributed by atoms with Crippen LogP contribution in [0.3, 0.4) is 0 Å². The van der Waals surface area contributed by atoms with Crippen molar-refractivity contribution in [2.24, 2.45) is 5.14 Å². The third-order valence-corrected chi connectivity index (χ3v) is 5.31. The van der Waals surface area contributed by atoms with Crippen LogP contribution in [-0.4, -0.2) is 13.0 Å². The van der Waals surface area contributed by atoms with Gasteiger partial charge in [-0.1, -0.05) is 35.9 Å². The van der Waals surface area contributed by atoms with Crippen molar-refractivity contribution in [1.82, 2.24) is 0 Å². The summed E-state index contributed by atoms with van der Waals surface area (Å²) in [6.45, 7) is 0.224. The van der Waals surface area contributed by atoms with Gasteiger partial charge < -0.3 is 14.8 Å². The lowest BCUT2D eigenvalue weighted by molar-refractivity contribution is -0.115. The summed E-state index contributed by atoms with van der Waals surface area (Å²) in [6, 6.07) is 16.9. The van der Waals surface area contributed by atoms with Gasteiger partial charge in [-0.15, -0.1) is 0 Å². The Labute approximate surface area is 183 Å². The minimum absolute atomic E-state index is 0.109. The highest BCUT2D eigenvalue weighted by Gasteiger charge is 2.11. The first kappa shape index (κ1) is 22.0. The van der Waals surface area contributed by atoms with E-state index in [2.05, 4.69) is 5.32 Å². The highest BCUT2D eigenvalue weighted by Crippen LogP contribution is 2.27. The second-order valence-corrected chi connectivity index (χ2v) is 7.42. The molecule has 0 saturated carbocycles. The average molecular weight is 447 g/mol. The van der Waals surface area contributed by atoms with Crippen molar-refractivity contribution in [1.29, 1.82) is 0 Å². The predicted octanol–water partition coefficient (Wildman–Crippen LogP) is 5.21. The number of carbonyl (C=O) groups is 1. The van der Waals surface area contributed by atoms with Crippen LogP contribution in [0.15, 0.2) is 65.6 Å². The number of benzene rings is 3. The van der Waals surface area contributed by atoms with Crippen molar-refractivity contribution in [2.45, 2.75) is 17.9 Å². The van der Waals surface area contributed by atoms with Gasteiger partial charge in [0.2, 0.25) is 5.91 Å². The molecule has 1 amide bonds. The van der Waals surface area contributed by atoms with E-state index in [-0.39, 0.29) is 24.7 Å². The molecule has 3 N–H and O–H groups in total. The summed E-state index contributed by atoms with van der Waals surface area (Å²) < 4.78 is 24.2. The number of ether oxygens (including phenoxy) is 2. The minimum atomic E-state index is -0.458. The van der Waals surface area contributed by atoms with Gasteiger partial charge in [0.15, 0.2) is 11.6 Å². The third kappa shape index (κ3) is 5.66. The number of hydrogen-bond donors (Lipinski definition) is 2. The summed E-state index contributed by atoms with van der Waals surface area (Å²) in [5, 5.41) is 9.19. The molecule has 3 aromatic carbocycles. The smallest absolute Gasteiger partial charge is 0.228 e. The average Bonchev–Trinajstić information content (AvgIpc) is 2.75. The van der Waals surface area contributed by atoms with Gasteiger partial charge >= 0.3 is 0 Å². The SMILES string of the molecule is COc1cc(OCc2ccc(NC(=O)Cc3ccccc3Cl)cc2SN)ccc1F. The van der Waals surface area contributed by atoms with E-state index < -0.39 is 5.82 Å². The Morgan fingerprint density at radius 2 is 1.93 bits per heavy atom. The molecule has 156 valence electrons. The highest BCUT2D eigenvalue weighted by molar-refractivity contribution is 7.97. The van der Waals surface area contributed by atoms with Crippen LogP contribution in [0.2, 0.25) is 5.02 Å². The number of nitrogens with one attached hydrogen (secondary N) is 1. The number of halogens is 2. The molecular weight excluding hydrogens is 427 g/mol. The molecule has 0 saturated heterocycles. The molecule has 0 aliphatic carbocycles. The monoisotopic (exact) mass is 446 g/mol. The zero-order chi connectivity index (χ0) is 21.5. The third-order valence-electron chi connectivity index (χ3n) is 4.30. The highest BCUT2D eigenvalue weighted by atomic mass is 35.5. The number of rotatable bonds is 8. The van der Waals surface area contributed by atoms with E-state index >= 15 is 0 Å². The predicted molar refractivity (Wildman–Crippen MR) is 118 cm³/mol. The number of nitrogens with two attached hydrogens (primary N) is 1. The van der Waals surface area contributed by atoms with Gasteiger partial charge in [-0.05, 0) is 47.8 Å². The molecule has 0 aliphatic heterocycles. The maximum absolute atomic E-state index is 13.5. The topological polar surface area (TPSA) is 73.6 Å². The van der Waals surface area contributed by atoms with E-state index in [1.54, 1.807) is 18.2 Å². The van der Waals surface area contributed by atoms with Crippen LogP contribution in [0.25, 0.3) is 0 Å². The van der Waals surface area contributed by atoms with Crippen molar-refractivity contribution in [3.05, 3.63) is 82.6 Å². The molecular formula is C22H20ClFN2O3S. The van der Waals surface area contributed by atoms with Gasteiger partial charge in [-0.3, -0.25) is 9.93 Å². The Kier molecular flexibility index (Phi) is 7.57. The molecule has 30 heavy (non-hydrogen) atoms. The summed E-state index contributed by atoms with van der Waals surface area (Å²) >= 11 is 7.16. The minimum Gasteiger partial charge on any atom is -0.494 e. The molecule has 8 heteroatoms. The second kappa shape index (κ2) is 10.3. The zero-order valence-electron chi connectivity index (χ0n) is 16.2. The maximum Gasteiger partial charge on any atom is 0.228 e. The van der Waals surface area contributed by atoms with Crippen LogP contribution >= 0.6 is 23.5 Å². The van der Waals surface area contributed by atoms with Crippen molar-refractivity contribution >= 4 is 35.1 Å². The molecule has 0 atom stereocenters. The van der Waals surface area contributed by atoms with Gasteiger partial charge in [-0.25, -0.2) is 4.39 Å². The van der Waals surface area contributed by atoms with Gasteiger partial charge in [0, 0.05) is 27.2 Å². The first-order valence-corrected chi connectivity index (χ1v) is 10.2. The molecule has 0 radical (unpaired) electrons. The quantitative estimate of drug-likeness (QED) is 0.464. The fourth-order valence-electron chi connectivity index (χ4n) is 2.77. The molecule has 5 nitrogen and oxygen atoms in total. The fraction of sp³-hybridized carbons (Fsp3) is 0.136. The lowest BCUT2D eigenvalue weighted by atomic mass is 10.1. The van der Waals surface area contributed by atoms with E-state index in [1.807, 2.05) is 24.3 Å². The van der Waals surface area contributed by atoms with Gasteiger partial charge in [0.05, 0.1) is 13.5 Å².